The van der Waals surface area contributed by atoms with Crippen LogP contribution in [0.25, 0.3) is 0 Å². The molecule has 0 N–H and O–H groups in total. The summed E-state index contributed by atoms with van der Waals surface area (Å²) in [4.78, 5) is 11.4. The van der Waals surface area contributed by atoms with Crippen LogP contribution < -0.4 is 5.56 Å². The molecule has 0 amide bonds. The predicted octanol–water partition coefficient (Wildman–Crippen LogP) is 2.32. The van der Waals surface area contributed by atoms with Gasteiger partial charge in [0.05, 0.1) is 0 Å². The van der Waals surface area contributed by atoms with Crippen molar-refractivity contribution < 1.29 is 0 Å². The first kappa shape index (κ1) is 12.0. The molecule has 0 aliphatic heterocycles. The molecule has 0 aliphatic rings. The van der Waals surface area contributed by atoms with Gasteiger partial charge in [0.15, 0.2) is 0 Å². The van der Waals surface area contributed by atoms with E-state index in [1.165, 1.54) is 4.68 Å². The van der Waals surface area contributed by atoms with Gasteiger partial charge in [-0.1, -0.05) is 27.7 Å². The van der Waals surface area contributed by atoms with Crippen LogP contribution in [-0.2, 0) is 6.54 Å². The summed E-state index contributed by atoms with van der Waals surface area (Å²) >= 11 is 0. The first-order valence-corrected chi connectivity index (χ1v) is 5.40. The molecular formula is C12H20N2O. The zero-order chi connectivity index (χ0) is 11.5. The van der Waals surface area contributed by atoms with Crippen molar-refractivity contribution in [2.24, 2.45) is 11.3 Å². The lowest BCUT2D eigenvalue weighted by Gasteiger charge is -2.23. The highest BCUT2D eigenvalue weighted by Gasteiger charge is 2.15. The van der Waals surface area contributed by atoms with Crippen molar-refractivity contribution in [1.29, 1.82) is 0 Å². The fourth-order valence-electron chi connectivity index (χ4n) is 1.93. The van der Waals surface area contributed by atoms with Crippen molar-refractivity contribution in [2.75, 3.05) is 0 Å². The van der Waals surface area contributed by atoms with Gasteiger partial charge in [-0.3, -0.25) is 4.79 Å². The molecule has 0 radical (unpaired) electrons. The second kappa shape index (κ2) is 4.60. The van der Waals surface area contributed by atoms with Gasteiger partial charge < -0.3 is 0 Å². The maximum Gasteiger partial charge on any atom is 0.266 e. The van der Waals surface area contributed by atoms with Crippen molar-refractivity contribution in [3.05, 3.63) is 28.7 Å². The molecule has 1 aromatic heterocycles. The van der Waals surface area contributed by atoms with Crippen molar-refractivity contribution >= 4 is 0 Å². The minimum absolute atomic E-state index is 0.0155. The molecule has 0 bridgehead atoms. The van der Waals surface area contributed by atoms with Crippen molar-refractivity contribution in [1.82, 2.24) is 9.78 Å². The summed E-state index contributed by atoms with van der Waals surface area (Å²) < 4.78 is 1.54. The van der Waals surface area contributed by atoms with Gasteiger partial charge in [-0.15, -0.1) is 0 Å². The van der Waals surface area contributed by atoms with Gasteiger partial charge in [-0.2, -0.15) is 5.10 Å². The summed E-state index contributed by atoms with van der Waals surface area (Å²) in [6, 6.07) is 3.23. The minimum atomic E-state index is -0.0155. The van der Waals surface area contributed by atoms with Crippen LogP contribution in [0.4, 0.5) is 0 Å². The van der Waals surface area contributed by atoms with Gasteiger partial charge in [-0.25, -0.2) is 4.68 Å². The number of nitrogens with zero attached hydrogens (tertiary/aromatic N) is 2. The second-order valence-electron chi connectivity index (χ2n) is 5.41. The summed E-state index contributed by atoms with van der Waals surface area (Å²) in [6.07, 6.45) is 2.75. The van der Waals surface area contributed by atoms with E-state index in [1.807, 2.05) is 0 Å². The van der Waals surface area contributed by atoms with E-state index in [0.717, 1.165) is 6.42 Å². The van der Waals surface area contributed by atoms with Gasteiger partial charge in [0, 0.05) is 18.8 Å². The lowest BCUT2D eigenvalue weighted by molar-refractivity contribution is 0.276. The summed E-state index contributed by atoms with van der Waals surface area (Å²) in [6.45, 7) is 9.50. The Morgan fingerprint density at radius 2 is 2.13 bits per heavy atom. The summed E-state index contributed by atoms with van der Waals surface area (Å²) in [5.41, 5.74) is 0.288. The van der Waals surface area contributed by atoms with Crippen LogP contribution >= 0.6 is 0 Å². The molecule has 1 rings (SSSR count). The van der Waals surface area contributed by atoms with Crippen LogP contribution in [0.2, 0.25) is 0 Å². The van der Waals surface area contributed by atoms with E-state index in [2.05, 4.69) is 32.8 Å². The van der Waals surface area contributed by atoms with Gasteiger partial charge in [0.25, 0.3) is 5.56 Å². The third-order valence-corrected chi connectivity index (χ3v) is 2.23. The molecule has 0 saturated carbocycles. The Morgan fingerprint density at radius 3 is 2.67 bits per heavy atom. The molecule has 15 heavy (non-hydrogen) atoms. The maximum atomic E-state index is 11.4. The molecule has 0 fully saturated rings. The molecule has 1 aromatic rings. The second-order valence-corrected chi connectivity index (χ2v) is 5.41. The minimum Gasteiger partial charge on any atom is -0.268 e. The fourth-order valence-corrected chi connectivity index (χ4v) is 1.93. The third kappa shape index (κ3) is 4.28. The van der Waals surface area contributed by atoms with E-state index in [-0.39, 0.29) is 5.56 Å². The van der Waals surface area contributed by atoms with Crippen molar-refractivity contribution in [2.45, 2.75) is 40.7 Å². The summed E-state index contributed by atoms with van der Waals surface area (Å²) in [5.74, 6) is 0.470. The zero-order valence-corrected chi connectivity index (χ0v) is 10.0. The quantitative estimate of drug-likeness (QED) is 0.764. The van der Waals surface area contributed by atoms with E-state index in [4.69, 9.17) is 0 Å². The zero-order valence-electron chi connectivity index (χ0n) is 10.0. The van der Waals surface area contributed by atoms with Gasteiger partial charge >= 0.3 is 0 Å². The van der Waals surface area contributed by atoms with Crippen LogP contribution in [0.5, 0.6) is 0 Å². The Balaban J connectivity index is 2.63. The molecule has 1 unspecified atom stereocenters. The highest BCUT2D eigenvalue weighted by Crippen LogP contribution is 2.24. The fraction of sp³-hybridized carbons (Fsp3) is 0.667. The predicted molar refractivity (Wildman–Crippen MR) is 61.7 cm³/mol. The molecule has 0 saturated heterocycles. The van der Waals surface area contributed by atoms with E-state index < -0.39 is 0 Å². The SMILES string of the molecule is CC(Cn1ncccc1=O)CC(C)(C)C. The van der Waals surface area contributed by atoms with Crippen LogP contribution in [0.3, 0.4) is 0 Å². The molecule has 84 valence electrons. The first-order chi connectivity index (χ1) is 6.88. The third-order valence-electron chi connectivity index (χ3n) is 2.23. The monoisotopic (exact) mass is 208 g/mol. The molecule has 0 aliphatic carbocycles. The molecule has 3 heteroatoms. The number of hydrogen-bond donors (Lipinski definition) is 0. The van der Waals surface area contributed by atoms with Gasteiger partial charge in [-0.05, 0) is 23.8 Å². The Labute approximate surface area is 91.1 Å². The van der Waals surface area contributed by atoms with Crippen LogP contribution in [-0.4, -0.2) is 9.78 Å². The summed E-state index contributed by atoms with van der Waals surface area (Å²) in [5, 5.41) is 4.05. The Hall–Kier alpha value is -1.12. The molecule has 1 heterocycles. The van der Waals surface area contributed by atoms with E-state index >= 15 is 0 Å². The van der Waals surface area contributed by atoms with Crippen LogP contribution in [0, 0.1) is 11.3 Å². The van der Waals surface area contributed by atoms with E-state index in [1.54, 1.807) is 18.3 Å². The standard InChI is InChI=1S/C12H20N2O/c1-10(8-12(2,3)4)9-14-11(15)6-5-7-13-14/h5-7,10H,8-9H2,1-4H3. The Bertz CT molecular complexity index is 362. The average molecular weight is 208 g/mol. The topological polar surface area (TPSA) is 34.9 Å². The highest BCUT2D eigenvalue weighted by molar-refractivity contribution is 4.85. The van der Waals surface area contributed by atoms with E-state index in [9.17, 15) is 4.79 Å². The normalized spacial score (nSPS) is 13.9. The Morgan fingerprint density at radius 1 is 1.47 bits per heavy atom. The van der Waals surface area contributed by atoms with Gasteiger partial charge in [0.2, 0.25) is 0 Å². The van der Waals surface area contributed by atoms with E-state index in [0.29, 0.717) is 17.9 Å². The van der Waals surface area contributed by atoms with Crippen LogP contribution in [0.15, 0.2) is 23.1 Å². The molecular weight excluding hydrogens is 188 g/mol. The number of rotatable bonds is 3. The van der Waals surface area contributed by atoms with Gasteiger partial charge in [0.1, 0.15) is 0 Å². The summed E-state index contributed by atoms with van der Waals surface area (Å²) in [7, 11) is 0. The average Bonchev–Trinajstić information content (AvgIpc) is 2.05. The van der Waals surface area contributed by atoms with Crippen LogP contribution in [0.1, 0.15) is 34.1 Å². The maximum absolute atomic E-state index is 11.4. The largest absolute Gasteiger partial charge is 0.268 e. The highest BCUT2D eigenvalue weighted by atomic mass is 16.1. The van der Waals surface area contributed by atoms with Crippen molar-refractivity contribution in [3.63, 3.8) is 0 Å². The Kier molecular flexibility index (Phi) is 3.66. The van der Waals surface area contributed by atoms with Crippen molar-refractivity contribution in [3.8, 4) is 0 Å². The number of hydrogen-bond acceptors (Lipinski definition) is 2. The number of aromatic nitrogens is 2. The molecule has 0 aromatic carbocycles. The molecule has 0 spiro atoms. The lowest BCUT2D eigenvalue weighted by atomic mass is 9.85. The lowest BCUT2D eigenvalue weighted by Crippen LogP contribution is -2.26. The first-order valence-electron chi connectivity index (χ1n) is 5.40. The molecule has 1 atom stereocenters. The smallest absolute Gasteiger partial charge is 0.266 e. The molecule has 3 nitrogen and oxygen atoms in total.